The van der Waals surface area contributed by atoms with Gasteiger partial charge < -0.3 is 5.11 Å². The standard InChI is InChI=1S/C13H23N3O4S/c1-10(13(2,3)4)7-15-21(19,20)11-8-14-16(9-11)6-5-12(17)18/h8-10,15H,5-7H2,1-4H3,(H,17,18). The third-order valence-electron chi connectivity index (χ3n) is 3.53. The smallest absolute Gasteiger partial charge is 0.305 e. The molecule has 1 rings (SSSR count). The lowest BCUT2D eigenvalue weighted by molar-refractivity contribution is -0.137. The summed E-state index contributed by atoms with van der Waals surface area (Å²) in [7, 11) is -3.61. The van der Waals surface area contributed by atoms with E-state index < -0.39 is 16.0 Å². The van der Waals surface area contributed by atoms with E-state index in [0.29, 0.717) is 6.54 Å². The van der Waals surface area contributed by atoms with Crippen LogP contribution in [0, 0.1) is 11.3 Å². The maximum absolute atomic E-state index is 12.1. The number of nitrogens with one attached hydrogen (secondary N) is 1. The Labute approximate surface area is 125 Å². The third kappa shape index (κ3) is 5.47. The first-order valence-corrected chi connectivity index (χ1v) is 8.24. The first-order valence-electron chi connectivity index (χ1n) is 6.76. The Morgan fingerprint density at radius 3 is 2.62 bits per heavy atom. The van der Waals surface area contributed by atoms with Crippen LogP contribution >= 0.6 is 0 Å². The fourth-order valence-corrected chi connectivity index (χ4v) is 2.52. The van der Waals surface area contributed by atoms with Crippen molar-refractivity contribution >= 4 is 16.0 Å². The summed E-state index contributed by atoms with van der Waals surface area (Å²) < 4.78 is 28.1. The summed E-state index contributed by atoms with van der Waals surface area (Å²) in [4.78, 5) is 10.5. The highest BCUT2D eigenvalue weighted by Gasteiger charge is 2.23. The Bertz CT molecular complexity index is 587. The summed E-state index contributed by atoms with van der Waals surface area (Å²) in [6.45, 7) is 8.62. The van der Waals surface area contributed by atoms with Gasteiger partial charge in [-0.2, -0.15) is 5.10 Å². The van der Waals surface area contributed by atoms with Gasteiger partial charge in [-0.3, -0.25) is 9.48 Å². The van der Waals surface area contributed by atoms with E-state index in [-0.39, 0.29) is 29.2 Å². The van der Waals surface area contributed by atoms with Crippen molar-refractivity contribution in [2.75, 3.05) is 6.54 Å². The monoisotopic (exact) mass is 317 g/mol. The molecule has 7 nitrogen and oxygen atoms in total. The molecule has 0 saturated carbocycles. The maximum atomic E-state index is 12.1. The second-order valence-electron chi connectivity index (χ2n) is 6.20. The van der Waals surface area contributed by atoms with E-state index >= 15 is 0 Å². The predicted octanol–water partition coefficient (Wildman–Crippen LogP) is 1.32. The van der Waals surface area contributed by atoms with E-state index in [0.717, 1.165) is 0 Å². The van der Waals surface area contributed by atoms with Crippen LogP contribution in [0.3, 0.4) is 0 Å². The van der Waals surface area contributed by atoms with Crippen LogP contribution in [0.1, 0.15) is 34.1 Å². The molecule has 0 fully saturated rings. The highest BCUT2D eigenvalue weighted by molar-refractivity contribution is 7.89. The quantitative estimate of drug-likeness (QED) is 0.789. The zero-order valence-electron chi connectivity index (χ0n) is 12.8. The Morgan fingerprint density at radius 1 is 1.48 bits per heavy atom. The van der Waals surface area contributed by atoms with E-state index in [2.05, 4.69) is 30.6 Å². The van der Waals surface area contributed by atoms with Crippen molar-refractivity contribution in [1.82, 2.24) is 14.5 Å². The van der Waals surface area contributed by atoms with Gasteiger partial charge in [-0.05, 0) is 11.3 Å². The Morgan fingerprint density at radius 2 is 2.10 bits per heavy atom. The van der Waals surface area contributed by atoms with Crippen LogP contribution in [-0.2, 0) is 21.4 Å². The number of nitrogens with zero attached hydrogens (tertiary/aromatic N) is 2. The lowest BCUT2D eigenvalue weighted by Gasteiger charge is -2.27. The average molecular weight is 317 g/mol. The molecular formula is C13H23N3O4S. The fraction of sp³-hybridized carbons (Fsp3) is 0.692. The first-order chi connectivity index (χ1) is 9.52. The van der Waals surface area contributed by atoms with Crippen molar-refractivity contribution in [2.45, 2.75) is 45.6 Å². The molecule has 1 aromatic heterocycles. The molecule has 120 valence electrons. The topological polar surface area (TPSA) is 101 Å². The van der Waals surface area contributed by atoms with Gasteiger partial charge >= 0.3 is 5.97 Å². The Kier molecular flexibility index (Phi) is 5.52. The molecule has 8 heteroatoms. The number of rotatable bonds is 7. The number of carboxylic acids is 1. The molecule has 0 aliphatic rings. The number of hydrogen-bond donors (Lipinski definition) is 2. The number of hydrogen-bond acceptors (Lipinski definition) is 4. The molecule has 0 amide bonds. The molecule has 0 saturated heterocycles. The van der Waals surface area contributed by atoms with E-state index in [1.807, 2.05) is 6.92 Å². The van der Waals surface area contributed by atoms with Gasteiger partial charge in [0.05, 0.1) is 19.2 Å². The fourth-order valence-electron chi connectivity index (χ4n) is 1.44. The summed E-state index contributed by atoms with van der Waals surface area (Å²) >= 11 is 0. The van der Waals surface area contributed by atoms with Crippen LogP contribution in [0.25, 0.3) is 0 Å². The van der Waals surface area contributed by atoms with Gasteiger partial charge in [0.25, 0.3) is 0 Å². The summed E-state index contributed by atoms with van der Waals surface area (Å²) in [6.07, 6.45) is 2.47. The number of aryl methyl sites for hydroxylation is 1. The van der Waals surface area contributed by atoms with Crippen LogP contribution in [0.2, 0.25) is 0 Å². The SMILES string of the molecule is CC(CNS(=O)(=O)c1cnn(CCC(=O)O)c1)C(C)(C)C. The lowest BCUT2D eigenvalue weighted by Crippen LogP contribution is -2.33. The van der Waals surface area contributed by atoms with Gasteiger partial charge in [0, 0.05) is 12.7 Å². The lowest BCUT2D eigenvalue weighted by atomic mass is 9.82. The molecular weight excluding hydrogens is 294 g/mol. The second kappa shape index (κ2) is 6.57. The Hall–Kier alpha value is -1.41. The third-order valence-corrected chi connectivity index (χ3v) is 4.91. The minimum atomic E-state index is -3.61. The van der Waals surface area contributed by atoms with Crippen molar-refractivity contribution in [2.24, 2.45) is 11.3 Å². The number of sulfonamides is 1. The Balaban J connectivity index is 2.69. The summed E-state index contributed by atoms with van der Waals surface area (Å²) in [6, 6.07) is 0. The van der Waals surface area contributed by atoms with Crippen LogP contribution < -0.4 is 4.72 Å². The zero-order chi connectivity index (χ0) is 16.3. The minimum absolute atomic E-state index is 0.00812. The maximum Gasteiger partial charge on any atom is 0.305 e. The molecule has 0 radical (unpaired) electrons. The summed E-state index contributed by atoms with van der Waals surface area (Å²) in [5.74, 6) is -0.777. The normalized spacial score (nSPS) is 14.1. The van der Waals surface area contributed by atoms with Crippen LogP contribution in [0.15, 0.2) is 17.3 Å². The van der Waals surface area contributed by atoms with Gasteiger partial charge in [-0.15, -0.1) is 0 Å². The van der Waals surface area contributed by atoms with Crippen molar-refractivity contribution in [1.29, 1.82) is 0 Å². The van der Waals surface area contributed by atoms with Crippen LogP contribution in [0.5, 0.6) is 0 Å². The molecule has 0 aliphatic carbocycles. The highest BCUT2D eigenvalue weighted by Crippen LogP contribution is 2.24. The summed E-state index contributed by atoms with van der Waals surface area (Å²) in [5.41, 5.74) is 0.00812. The molecule has 2 N–H and O–H groups in total. The highest BCUT2D eigenvalue weighted by atomic mass is 32.2. The predicted molar refractivity (Wildman–Crippen MR) is 78.3 cm³/mol. The molecule has 0 bridgehead atoms. The summed E-state index contributed by atoms with van der Waals surface area (Å²) in [5, 5.41) is 12.5. The molecule has 1 heterocycles. The van der Waals surface area contributed by atoms with Gasteiger partial charge in [0.2, 0.25) is 10.0 Å². The van der Waals surface area contributed by atoms with E-state index in [1.165, 1.54) is 17.1 Å². The van der Waals surface area contributed by atoms with Gasteiger partial charge in [-0.25, -0.2) is 13.1 Å². The van der Waals surface area contributed by atoms with Crippen LogP contribution in [0.4, 0.5) is 0 Å². The molecule has 0 aliphatic heterocycles. The molecule has 1 unspecified atom stereocenters. The largest absolute Gasteiger partial charge is 0.481 e. The molecule has 21 heavy (non-hydrogen) atoms. The number of carbonyl (C=O) groups is 1. The van der Waals surface area contributed by atoms with Crippen LogP contribution in [-0.4, -0.2) is 35.8 Å². The number of aromatic nitrogens is 2. The van der Waals surface area contributed by atoms with Crippen molar-refractivity contribution in [3.63, 3.8) is 0 Å². The molecule has 0 aromatic carbocycles. The van der Waals surface area contributed by atoms with Crippen molar-refractivity contribution in [3.8, 4) is 0 Å². The minimum Gasteiger partial charge on any atom is -0.481 e. The van der Waals surface area contributed by atoms with E-state index in [9.17, 15) is 13.2 Å². The molecule has 1 atom stereocenters. The van der Waals surface area contributed by atoms with E-state index in [4.69, 9.17) is 5.11 Å². The van der Waals surface area contributed by atoms with Crippen molar-refractivity contribution < 1.29 is 18.3 Å². The number of aliphatic carboxylic acids is 1. The number of carboxylic acid groups (broad SMARTS) is 1. The first kappa shape index (κ1) is 17.6. The van der Waals surface area contributed by atoms with Gasteiger partial charge in [0.1, 0.15) is 4.90 Å². The van der Waals surface area contributed by atoms with Crippen molar-refractivity contribution in [3.05, 3.63) is 12.4 Å². The second-order valence-corrected chi connectivity index (χ2v) is 7.97. The molecule has 0 spiro atoms. The van der Waals surface area contributed by atoms with Gasteiger partial charge in [-0.1, -0.05) is 27.7 Å². The van der Waals surface area contributed by atoms with E-state index in [1.54, 1.807) is 0 Å². The zero-order valence-corrected chi connectivity index (χ0v) is 13.6. The van der Waals surface area contributed by atoms with Gasteiger partial charge in [0.15, 0.2) is 0 Å². The average Bonchev–Trinajstić information content (AvgIpc) is 2.81. The molecule has 1 aromatic rings.